The Labute approximate surface area is 472 Å². The Morgan fingerprint density at radius 2 is 0.776 bits per heavy atom. The fourth-order valence-corrected chi connectivity index (χ4v) is 10.3. The van der Waals surface area contributed by atoms with Crippen LogP contribution in [0, 0.1) is 0 Å². The molecule has 8 nitrogen and oxygen atoms in total. The summed E-state index contributed by atoms with van der Waals surface area (Å²) in [7, 11) is 1.24. The van der Waals surface area contributed by atoms with Gasteiger partial charge in [-0.3, -0.25) is 9.36 Å². The molecule has 0 radical (unpaired) electrons. The predicted molar refractivity (Wildman–Crippen MR) is 330 cm³/mol. The summed E-state index contributed by atoms with van der Waals surface area (Å²) < 4.78 is 23.4. The zero-order valence-corrected chi connectivity index (χ0v) is 51.9. The fourth-order valence-electron chi connectivity index (χ4n) is 9.57. The summed E-state index contributed by atoms with van der Waals surface area (Å²) in [5, 5.41) is 13.9. The van der Waals surface area contributed by atoms with E-state index in [0.717, 1.165) is 51.4 Å². The van der Waals surface area contributed by atoms with Gasteiger partial charge in [-0.25, -0.2) is 0 Å². The number of hydrogen-bond acceptors (Lipinski definition) is 6. The summed E-state index contributed by atoms with van der Waals surface area (Å²) in [4.78, 5) is 25.6. The number of nitrogens with zero attached hydrogens (tertiary/aromatic N) is 1. The molecule has 0 aliphatic rings. The summed E-state index contributed by atoms with van der Waals surface area (Å²) in [6.07, 6.45) is 79.0. The number of aliphatic hydroxyl groups is 1. The molecular formula is C67H127N2O6P. The van der Waals surface area contributed by atoms with Crippen LogP contribution in [0.2, 0.25) is 0 Å². The van der Waals surface area contributed by atoms with Gasteiger partial charge in [0.05, 0.1) is 39.9 Å². The molecule has 0 aromatic carbocycles. The molecule has 0 spiro atoms. The first-order chi connectivity index (χ1) is 37.0. The molecule has 3 atom stereocenters. The molecule has 0 bridgehead atoms. The van der Waals surface area contributed by atoms with Crippen molar-refractivity contribution in [3.8, 4) is 0 Å². The molecule has 2 N–H and O–H groups in total. The topological polar surface area (TPSA) is 108 Å². The maximum Gasteiger partial charge on any atom is 0.268 e. The second-order valence-electron chi connectivity index (χ2n) is 23.4. The van der Waals surface area contributed by atoms with Gasteiger partial charge in [-0.1, -0.05) is 286 Å². The highest BCUT2D eigenvalue weighted by molar-refractivity contribution is 7.45. The van der Waals surface area contributed by atoms with Crippen LogP contribution in [0.3, 0.4) is 0 Å². The normalized spacial score (nSPS) is 14.1. The number of phosphoric acid groups is 1. The highest BCUT2D eigenvalue weighted by Gasteiger charge is 2.23. The smallest absolute Gasteiger partial charge is 0.268 e. The number of rotatable bonds is 60. The molecule has 0 saturated carbocycles. The average Bonchev–Trinajstić information content (AvgIpc) is 3.38. The van der Waals surface area contributed by atoms with Crippen LogP contribution in [-0.2, 0) is 18.4 Å². The van der Waals surface area contributed by atoms with E-state index >= 15 is 0 Å². The van der Waals surface area contributed by atoms with Gasteiger partial charge in [0.15, 0.2) is 0 Å². The van der Waals surface area contributed by atoms with Crippen molar-refractivity contribution < 1.29 is 32.9 Å². The van der Waals surface area contributed by atoms with E-state index in [2.05, 4.69) is 67.8 Å². The van der Waals surface area contributed by atoms with Crippen LogP contribution >= 0.6 is 7.82 Å². The standard InChI is InChI=1S/C67H127N2O6P/c1-6-8-10-12-14-16-18-20-22-24-26-28-29-30-31-32-33-34-35-36-37-38-39-41-43-45-47-49-51-53-55-57-59-61-67(71)68-65(64-75-76(72,73)74-63-62-69(3,4)5)66(70)60-58-56-54-52-50-48-46-44-42-40-27-25-23-21-19-17-15-13-11-9-7-2/h18,20,24,26,42,44,50,52,58,60,65-66,70H,6-17,19,21-23,25,27-41,43,45-49,51,53-57,59,61-64H2,1-5H3,(H-,68,71,72,73)/b20-18-,26-24-,44-42+,52-50+,60-58+. The molecule has 76 heavy (non-hydrogen) atoms. The van der Waals surface area contributed by atoms with Crippen LogP contribution in [0.1, 0.15) is 309 Å². The molecule has 0 aliphatic heterocycles. The fraction of sp³-hybridized carbons (Fsp3) is 0.836. The lowest BCUT2D eigenvalue weighted by Gasteiger charge is -2.29. The summed E-state index contributed by atoms with van der Waals surface area (Å²) in [5.74, 6) is -0.207. The number of carbonyl (C=O) groups is 1. The van der Waals surface area contributed by atoms with Gasteiger partial charge >= 0.3 is 0 Å². The second kappa shape index (κ2) is 57.9. The number of likely N-dealkylation sites (N-methyl/N-ethyl adjacent to an activating group) is 1. The molecule has 0 heterocycles. The molecule has 446 valence electrons. The summed E-state index contributed by atoms with van der Waals surface area (Å²) in [6.45, 7) is 4.64. The molecule has 0 aliphatic carbocycles. The second-order valence-corrected chi connectivity index (χ2v) is 24.9. The minimum Gasteiger partial charge on any atom is -0.756 e. The van der Waals surface area contributed by atoms with E-state index in [9.17, 15) is 19.4 Å². The Bertz CT molecular complexity index is 1420. The third kappa shape index (κ3) is 59.9. The van der Waals surface area contributed by atoms with Crippen LogP contribution in [0.25, 0.3) is 0 Å². The van der Waals surface area contributed by atoms with Gasteiger partial charge < -0.3 is 28.8 Å². The van der Waals surface area contributed by atoms with Crippen molar-refractivity contribution in [1.29, 1.82) is 0 Å². The van der Waals surface area contributed by atoms with Gasteiger partial charge in [0.1, 0.15) is 13.2 Å². The van der Waals surface area contributed by atoms with Gasteiger partial charge in [-0.15, -0.1) is 0 Å². The number of carbonyl (C=O) groups excluding carboxylic acids is 1. The van der Waals surface area contributed by atoms with E-state index in [1.54, 1.807) is 6.08 Å². The summed E-state index contributed by atoms with van der Waals surface area (Å²) in [6, 6.07) is -0.911. The first-order valence-corrected chi connectivity index (χ1v) is 34.1. The molecule has 0 aromatic heterocycles. The lowest BCUT2D eigenvalue weighted by molar-refractivity contribution is -0.870. The van der Waals surface area contributed by atoms with Crippen molar-refractivity contribution in [1.82, 2.24) is 5.32 Å². The van der Waals surface area contributed by atoms with Crippen molar-refractivity contribution in [3.05, 3.63) is 60.8 Å². The van der Waals surface area contributed by atoms with E-state index in [0.29, 0.717) is 17.4 Å². The molecule has 9 heteroatoms. The van der Waals surface area contributed by atoms with E-state index in [1.807, 2.05) is 27.2 Å². The largest absolute Gasteiger partial charge is 0.756 e. The van der Waals surface area contributed by atoms with Crippen LogP contribution in [0.5, 0.6) is 0 Å². The van der Waals surface area contributed by atoms with Crippen LogP contribution in [-0.4, -0.2) is 68.5 Å². The van der Waals surface area contributed by atoms with E-state index in [1.165, 1.54) is 238 Å². The van der Waals surface area contributed by atoms with Crippen molar-refractivity contribution in [2.45, 2.75) is 321 Å². The van der Waals surface area contributed by atoms with Gasteiger partial charge in [0, 0.05) is 6.42 Å². The minimum absolute atomic E-state index is 0.00895. The average molecular weight is 1090 g/mol. The first kappa shape index (κ1) is 74.2. The van der Waals surface area contributed by atoms with Crippen molar-refractivity contribution in [2.24, 2.45) is 0 Å². The van der Waals surface area contributed by atoms with Crippen molar-refractivity contribution in [3.63, 3.8) is 0 Å². The maximum atomic E-state index is 13.0. The van der Waals surface area contributed by atoms with Gasteiger partial charge in [0.2, 0.25) is 5.91 Å². The number of hydrogen-bond donors (Lipinski definition) is 2. The number of amides is 1. The highest BCUT2D eigenvalue weighted by atomic mass is 31.2. The number of nitrogens with one attached hydrogen (secondary N) is 1. The Morgan fingerprint density at radius 1 is 0.461 bits per heavy atom. The number of quaternary nitrogens is 1. The minimum atomic E-state index is -4.61. The lowest BCUT2D eigenvalue weighted by Crippen LogP contribution is -2.45. The maximum absolute atomic E-state index is 13.0. The van der Waals surface area contributed by atoms with E-state index in [4.69, 9.17) is 9.05 Å². The lowest BCUT2D eigenvalue weighted by atomic mass is 10.0. The third-order valence-corrected chi connectivity index (χ3v) is 15.6. The van der Waals surface area contributed by atoms with Gasteiger partial charge in [-0.2, -0.15) is 0 Å². The zero-order chi connectivity index (χ0) is 55.6. The number of allylic oxidation sites excluding steroid dienone is 9. The molecule has 0 fully saturated rings. The van der Waals surface area contributed by atoms with Crippen LogP contribution in [0.15, 0.2) is 60.8 Å². The number of aliphatic hydroxyl groups excluding tert-OH is 1. The molecule has 1 amide bonds. The Balaban J connectivity index is 4.10. The molecule has 0 aromatic rings. The summed E-state index contributed by atoms with van der Waals surface area (Å²) >= 11 is 0. The molecule has 3 unspecified atom stereocenters. The third-order valence-electron chi connectivity index (χ3n) is 14.7. The Hall–Kier alpha value is -1.80. The first-order valence-electron chi connectivity index (χ1n) is 32.7. The van der Waals surface area contributed by atoms with E-state index < -0.39 is 26.6 Å². The molecular weight excluding hydrogens is 960 g/mol. The highest BCUT2D eigenvalue weighted by Crippen LogP contribution is 2.38. The zero-order valence-electron chi connectivity index (χ0n) is 51.0. The summed E-state index contributed by atoms with van der Waals surface area (Å²) in [5.41, 5.74) is 0. The predicted octanol–water partition coefficient (Wildman–Crippen LogP) is 19.8. The number of unbranched alkanes of at least 4 members (excludes halogenated alkanes) is 39. The van der Waals surface area contributed by atoms with E-state index in [-0.39, 0.29) is 12.5 Å². The van der Waals surface area contributed by atoms with Crippen LogP contribution < -0.4 is 10.2 Å². The molecule has 0 saturated heterocycles. The quantitative estimate of drug-likeness (QED) is 0.0272. The Kier molecular flexibility index (Phi) is 56.5. The van der Waals surface area contributed by atoms with Crippen molar-refractivity contribution >= 4 is 13.7 Å². The SMILES string of the molecule is CCCCCCC/C=C\C/C=C\CCCCCCCCCCCCCCCCCCCCCCCC(=O)NC(COP(=O)([O-])OCC[N+](C)(C)C)C(O)/C=C/CC/C=C/CC/C=C/CCCCCCCCCCCCC. The van der Waals surface area contributed by atoms with Crippen molar-refractivity contribution in [2.75, 3.05) is 40.9 Å². The van der Waals surface area contributed by atoms with Gasteiger partial charge in [-0.05, 0) is 77.0 Å². The Morgan fingerprint density at radius 3 is 1.14 bits per heavy atom. The van der Waals surface area contributed by atoms with Gasteiger partial charge in [0.25, 0.3) is 7.82 Å². The molecule has 0 rings (SSSR count). The van der Waals surface area contributed by atoms with Crippen LogP contribution in [0.4, 0.5) is 0 Å². The number of phosphoric ester groups is 1. The monoisotopic (exact) mass is 1090 g/mol.